The third kappa shape index (κ3) is 4.21. The highest BCUT2D eigenvalue weighted by Crippen LogP contribution is 2.29. The van der Waals surface area contributed by atoms with Crippen molar-refractivity contribution < 1.29 is 0 Å². The molecular weight excluding hydrogens is 310 g/mol. The largest absolute Gasteiger partial charge is 0.385 e. The van der Waals surface area contributed by atoms with Gasteiger partial charge in [0.25, 0.3) is 0 Å². The molecule has 3 aromatic rings. The maximum Gasteiger partial charge on any atom is 0.188 e. The summed E-state index contributed by atoms with van der Waals surface area (Å²) in [6.07, 6.45) is 9.54. The highest BCUT2D eigenvalue weighted by atomic mass is 32.1. The van der Waals surface area contributed by atoms with Crippen molar-refractivity contribution >= 4 is 28.0 Å². The molecule has 118 valence electrons. The lowest BCUT2D eigenvalue weighted by Crippen LogP contribution is -2.08. The summed E-state index contributed by atoms with van der Waals surface area (Å²) in [7, 11) is 0. The van der Waals surface area contributed by atoms with Gasteiger partial charge in [-0.1, -0.05) is 11.3 Å². The number of nitrogens with two attached hydrogens (primary N) is 1. The number of hydrogen-bond acceptors (Lipinski definition) is 8. The van der Waals surface area contributed by atoms with Crippen LogP contribution in [-0.4, -0.2) is 33.0 Å². The zero-order chi connectivity index (χ0) is 15.9. The first-order valence-electron chi connectivity index (χ1n) is 7.23. The maximum atomic E-state index is 5.49. The first-order valence-corrected chi connectivity index (χ1v) is 8.05. The van der Waals surface area contributed by atoms with Gasteiger partial charge < -0.3 is 16.4 Å². The molecule has 0 fully saturated rings. The van der Waals surface area contributed by atoms with Crippen LogP contribution in [-0.2, 0) is 0 Å². The van der Waals surface area contributed by atoms with Gasteiger partial charge in [0.1, 0.15) is 12.1 Å². The average molecular weight is 327 g/mol. The minimum atomic E-state index is 0.675. The highest BCUT2D eigenvalue weighted by molar-refractivity contribution is 7.18. The van der Waals surface area contributed by atoms with Crippen molar-refractivity contribution in [2.24, 2.45) is 5.73 Å². The van der Waals surface area contributed by atoms with Crippen molar-refractivity contribution in [3.63, 3.8) is 0 Å². The van der Waals surface area contributed by atoms with E-state index in [9.17, 15) is 0 Å². The summed E-state index contributed by atoms with van der Waals surface area (Å²) >= 11 is 1.53. The first kappa shape index (κ1) is 15.3. The molecule has 23 heavy (non-hydrogen) atoms. The molecule has 0 amide bonds. The fourth-order valence-electron chi connectivity index (χ4n) is 1.94. The molecule has 0 radical (unpaired) electrons. The third-order valence-electron chi connectivity index (χ3n) is 3.06. The molecule has 0 saturated heterocycles. The number of hydrogen-bond donors (Lipinski definition) is 3. The van der Waals surface area contributed by atoms with Gasteiger partial charge in [0.2, 0.25) is 0 Å². The fourth-order valence-corrected chi connectivity index (χ4v) is 2.74. The van der Waals surface area contributed by atoms with E-state index in [0.29, 0.717) is 6.54 Å². The molecule has 7 nitrogen and oxygen atoms in total. The number of nitrogens with zero attached hydrogens (tertiary/aromatic N) is 4. The van der Waals surface area contributed by atoms with Crippen LogP contribution in [0.1, 0.15) is 6.42 Å². The summed E-state index contributed by atoms with van der Waals surface area (Å²) in [5.74, 6) is 0.743. The Morgan fingerprint density at radius 1 is 1.13 bits per heavy atom. The Balaban J connectivity index is 1.68. The third-order valence-corrected chi connectivity index (χ3v) is 4.02. The lowest BCUT2D eigenvalue weighted by atomic mass is 10.3. The Labute approximate surface area is 138 Å². The average Bonchev–Trinajstić information content (AvgIpc) is 3.05. The minimum Gasteiger partial charge on any atom is -0.385 e. The molecule has 0 aromatic carbocycles. The first-order chi connectivity index (χ1) is 11.3. The second-order valence-corrected chi connectivity index (χ2v) is 5.81. The van der Waals surface area contributed by atoms with Crippen molar-refractivity contribution in [1.29, 1.82) is 0 Å². The van der Waals surface area contributed by atoms with E-state index in [1.54, 1.807) is 24.8 Å². The van der Waals surface area contributed by atoms with Crippen molar-refractivity contribution in [2.75, 3.05) is 23.7 Å². The van der Waals surface area contributed by atoms with Crippen molar-refractivity contribution in [1.82, 2.24) is 19.9 Å². The SMILES string of the molecule is NCCCNc1ccnc(Nc2ncc(-c3cncnc3)s2)c1. The van der Waals surface area contributed by atoms with Gasteiger partial charge in [-0.15, -0.1) is 0 Å². The molecule has 0 unspecified atom stereocenters. The monoisotopic (exact) mass is 327 g/mol. The van der Waals surface area contributed by atoms with Crippen LogP contribution in [0.4, 0.5) is 16.6 Å². The molecule has 3 heterocycles. The molecule has 0 aliphatic rings. The second-order valence-electron chi connectivity index (χ2n) is 4.78. The van der Waals surface area contributed by atoms with Gasteiger partial charge >= 0.3 is 0 Å². The van der Waals surface area contributed by atoms with Gasteiger partial charge in [-0.25, -0.2) is 19.9 Å². The van der Waals surface area contributed by atoms with E-state index < -0.39 is 0 Å². The zero-order valence-electron chi connectivity index (χ0n) is 12.4. The summed E-state index contributed by atoms with van der Waals surface area (Å²) in [5.41, 5.74) is 7.45. The number of thiazole rings is 1. The van der Waals surface area contributed by atoms with Crippen molar-refractivity contribution in [2.45, 2.75) is 6.42 Å². The number of rotatable bonds is 7. The summed E-state index contributed by atoms with van der Waals surface area (Å²) in [6, 6.07) is 3.87. The molecule has 0 saturated carbocycles. The Morgan fingerprint density at radius 3 is 2.83 bits per heavy atom. The molecule has 3 aromatic heterocycles. The molecule has 0 spiro atoms. The van der Waals surface area contributed by atoms with Crippen LogP contribution in [0.15, 0.2) is 43.2 Å². The van der Waals surface area contributed by atoms with E-state index in [0.717, 1.165) is 40.0 Å². The van der Waals surface area contributed by atoms with Crippen LogP contribution in [0.3, 0.4) is 0 Å². The van der Waals surface area contributed by atoms with Crippen LogP contribution < -0.4 is 16.4 Å². The summed E-state index contributed by atoms with van der Waals surface area (Å²) in [6.45, 7) is 1.52. The lowest BCUT2D eigenvalue weighted by Gasteiger charge is -2.07. The topological polar surface area (TPSA) is 102 Å². The predicted molar refractivity (Wildman–Crippen MR) is 92.8 cm³/mol. The summed E-state index contributed by atoms with van der Waals surface area (Å²) < 4.78 is 0. The number of pyridine rings is 1. The maximum absolute atomic E-state index is 5.49. The van der Waals surface area contributed by atoms with E-state index in [1.807, 2.05) is 12.1 Å². The quantitative estimate of drug-likeness (QED) is 0.573. The molecular formula is C15H17N7S. The molecule has 3 rings (SSSR count). The van der Waals surface area contributed by atoms with Gasteiger partial charge in [-0.05, 0) is 19.0 Å². The molecule has 8 heteroatoms. The van der Waals surface area contributed by atoms with Gasteiger partial charge in [0.05, 0.1) is 4.88 Å². The highest BCUT2D eigenvalue weighted by Gasteiger charge is 2.06. The molecule has 0 aliphatic carbocycles. The molecule has 0 atom stereocenters. The van der Waals surface area contributed by atoms with Gasteiger partial charge in [-0.2, -0.15) is 0 Å². The van der Waals surface area contributed by atoms with Crippen LogP contribution in [0.2, 0.25) is 0 Å². The standard InChI is InChI=1S/C15H17N7S/c16-3-1-4-19-12-2-5-20-14(6-12)22-15-21-9-13(23-15)11-7-17-10-18-8-11/h2,5-10H,1,3-4,16H2,(H2,19,20,21,22). The van der Waals surface area contributed by atoms with E-state index in [2.05, 4.69) is 30.6 Å². The van der Waals surface area contributed by atoms with Gasteiger partial charge in [-0.3, -0.25) is 0 Å². The van der Waals surface area contributed by atoms with E-state index in [-0.39, 0.29) is 0 Å². The Kier molecular flexibility index (Phi) is 5.07. The zero-order valence-corrected chi connectivity index (χ0v) is 13.3. The van der Waals surface area contributed by atoms with Crippen LogP contribution in [0.5, 0.6) is 0 Å². The number of nitrogens with one attached hydrogen (secondary N) is 2. The number of anilines is 3. The Morgan fingerprint density at radius 2 is 2.00 bits per heavy atom. The summed E-state index contributed by atoms with van der Waals surface area (Å²) in [5, 5.41) is 7.30. The van der Waals surface area contributed by atoms with Crippen LogP contribution in [0.25, 0.3) is 10.4 Å². The smallest absolute Gasteiger partial charge is 0.188 e. The van der Waals surface area contributed by atoms with E-state index >= 15 is 0 Å². The second kappa shape index (κ2) is 7.61. The number of aromatic nitrogens is 4. The van der Waals surface area contributed by atoms with Crippen LogP contribution in [0, 0.1) is 0 Å². The fraction of sp³-hybridized carbons (Fsp3) is 0.200. The molecule has 4 N–H and O–H groups in total. The van der Waals surface area contributed by atoms with E-state index in [1.165, 1.54) is 17.7 Å². The molecule has 0 bridgehead atoms. The van der Waals surface area contributed by atoms with Crippen molar-refractivity contribution in [3.8, 4) is 10.4 Å². The lowest BCUT2D eigenvalue weighted by molar-refractivity contribution is 0.874. The normalized spacial score (nSPS) is 10.5. The van der Waals surface area contributed by atoms with E-state index in [4.69, 9.17) is 5.73 Å². The molecule has 0 aliphatic heterocycles. The summed E-state index contributed by atoms with van der Waals surface area (Å²) in [4.78, 5) is 17.7. The van der Waals surface area contributed by atoms with Crippen LogP contribution >= 0.6 is 11.3 Å². The minimum absolute atomic E-state index is 0.675. The van der Waals surface area contributed by atoms with Crippen molar-refractivity contribution in [3.05, 3.63) is 43.2 Å². The van der Waals surface area contributed by atoms with Gasteiger partial charge in [0, 0.05) is 48.6 Å². The Hall–Kier alpha value is -2.58. The Bertz CT molecular complexity index is 744. The van der Waals surface area contributed by atoms with Gasteiger partial charge in [0.15, 0.2) is 5.13 Å². The predicted octanol–water partition coefficient (Wildman–Crippen LogP) is 2.50.